The van der Waals surface area contributed by atoms with Gasteiger partial charge in [0.1, 0.15) is 5.75 Å². The molecular formula is C14H20N2O3. The van der Waals surface area contributed by atoms with Crippen molar-refractivity contribution in [1.29, 1.82) is 0 Å². The number of nitrogens with one attached hydrogen (secondary N) is 1. The number of phenolic OH excluding ortho intramolecular Hbond substituents is 1. The fraction of sp³-hybridized carbons (Fsp3) is 0.500. The van der Waals surface area contributed by atoms with Gasteiger partial charge in [0.2, 0.25) is 5.91 Å². The quantitative estimate of drug-likeness (QED) is 0.556. The van der Waals surface area contributed by atoms with Crippen LogP contribution in [0.25, 0.3) is 0 Å². The van der Waals surface area contributed by atoms with E-state index in [1.807, 2.05) is 0 Å². The topological polar surface area (TPSA) is 84.6 Å². The molecule has 19 heavy (non-hydrogen) atoms. The first kappa shape index (κ1) is 13.7. The molecule has 0 spiro atoms. The molecule has 0 saturated heterocycles. The van der Waals surface area contributed by atoms with Gasteiger partial charge in [-0.05, 0) is 37.5 Å². The first-order valence-electron chi connectivity index (χ1n) is 6.44. The molecule has 5 heteroatoms. The summed E-state index contributed by atoms with van der Waals surface area (Å²) in [6.07, 6.45) is 3.34. The van der Waals surface area contributed by atoms with Gasteiger partial charge in [-0.15, -0.1) is 0 Å². The highest BCUT2D eigenvalue weighted by Crippen LogP contribution is 2.37. The van der Waals surface area contributed by atoms with Crippen LogP contribution >= 0.6 is 0 Å². The van der Waals surface area contributed by atoms with E-state index in [-0.39, 0.29) is 23.8 Å². The van der Waals surface area contributed by atoms with E-state index in [0.29, 0.717) is 17.7 Å². The maximum Gasteiger partial charge on any atom is 0.223 e. The van der Waals surface area contributed by atoms with Crippen molar-refractivity contribution in [2.45, 2.75) is 37.8 Å². The van der Waals surface area contributed by atoms with Crippen molar-refractivity contribution in [3.63, 3.8) is 0 Å². The van der Waals surface area contributed by atoms with Crippen LogP contribution in [0.3, 0.4) is 0 Å². The molecule has 1 amide bonds. The normalized spacial score (nSPS) is 16.7. The summed E-state index contributed by atoms with van der Waals surface area (Å²) in [7, 11) is 1.65. The van der Waals surface area contributed by atoms with E-state index in [2.05, 4.69) is 5.32 Å². The fourth-order valence-corrected chi connectivity index (χ4v) is 2.32. The molecule has 5 nitrogen and oxygen atoms in total. The zero-order valence-corrected chi connectivity index (χ0v) is 11.1. The zero-order valence-electron chi connectivity index (χ0n) is 11.1. The van der Waals surface area contributed by atoms with Crippen molar-refractivity contribution >= 4 is 11.6 Å². The third kappa shape index (κ3) is 3.17. The van der Waals surface area contributed by atoms with Crippen molar-refractivity contribution < 1.29 is 14.6 Å². The second-order valence-electron chi connectivity index (χ2n) is 5.08. The minimum atomic E-state index is -0.276. The Morgan fingerprint density at radius 3 is 2.84 bits per heavy atom. The predicted octanol–water partition coefficient (Wildman–Crippen LogP) is 1.55. The number of rotatable bonds is 5. The van der Waals surface area contributed by atoms with Gasteiger partial charge in [0.25, 0.3) is 0 Å². The standard InChI is InChI=1S/C14H20N2O3/c1-19-14(5-2-6-14)8-13(18)16-9-10-7-11(15)3-4-12(10)17/h3-4,7,17H,2,5-6,8-9,15H2,1H3,(H,16,18). The van der Waals surface area contributed by atoms with Crippen molar-refractivity contribution in [2.24, 2.45) is 0 Å². The third-order valence-corrected chi connectivity index (χ3v) is 3.76. The SMILES string of the molecule is COC1(CC(=O)NCc2cc(N)ccc2O)CCC1. The number of anilines is 1. The first-order valence-corrected chi connectivity index (χ1v) is 6.44. The van der Waals surface area contributed by atoms with Crippen molar-refractivity contribution in [3.05, 3.63) is 23.8 Å². The summed E-state index contributed by atoms with van der Waals surface area (Å²) in [6, 6.07) is 4.80. The largest absolute Gasteiger partial charge is 0.508 e. The van der Waals surface area contributed by atoms with Gasteiger partial charge in [-0.1, -0.05) is 0 Å². The molecule has 0 unspecified atom stereocenters. The Labute approximate surface area is 112 Å². The lowest BCUT2D eigenvalue weighted by Gasteiger charge is -2.39. The Hall–Kier alpha value is -1.75. The van der Waals surface area contributed by atoms with E-state index in [1.54, 1.807) is 19.2 Å². The molecule has 1 aliphatic carbocycles. The predicted molar refractivity (Wildman–Crippen MR) is 72.6 cm³/mol. The number of carbonyl (C=O) groups is 1. The van der Waals surface area contributed by atoms with Gasteiger partial charge in [-0.2, -0.15) is 0 Å². The van der Waals surface area contributed by atoms with Gasteiger partial charge < -0.3 is 20.9 Å². The molecule has 2 rings (SSSR count). The van der Waals surface area contributed by atoms with Crippen molar-refractivity contribution in [3.8, 4) is 5.75 Å². The van der Waals surface area contributed by atoms with Crippen LogP contribution in [0.2, 0.25) is 0 Å². The Balaban J connectivity index is 1.88. The summed E-state index contributed by atoms with van der Waals surface area (Å²) in [4.78, 5) is 11.9. The molecule has 0 aromatic heterocycles. The summed E-state index contributed by atoms with van der Waals surface area (Å²) in [6.45, 7) is 0.273. The number of ether oxygens (including phenoxy) is 1. The van der Waals surface area contributed by atoms with Crippen molar-refractivity contribution in [1.82, 2.24) is 5.32 Å². The summed E-state index contributed by atoms with van der Waals surface area (Å²) >= 11 is 0. The summed E-state index contributed by atoms with van der Waals surface area (Å²) in [5, 5.41) is 12.4. The molecule has 1 aromatic carbocycles. The van der Waals surface area contributed by atoms with Crippen molar-refractivity contribution in [2.75, 3.05) is 12.8 Å². The summed E-state index contributed by atoms with van der Waals surface area (Å²) in [5.41, 5.74) is 6.55. The van der Waals surface area contributed by atoms with Crippen LogP contribution in [0.15, 0.2) is 18.2 Å². The highest BCUT2D eigenvalue weighted by molar-refractivity contribution is 5.77. The van der Waals surface area contributed by atoms with Crippen LogP contribution in [0.1, 0.15) is 31.2 Å². The lowest BCUT2D eigenvalue weighted by atomic mass is 9.77. The van der Waals surface area contributed by atoms with Gasteiger partial charge in [0.15, 0.2) is 0 Å². The maximum atomic E-state index is 11.9. The molecular weight excluding hydrogens is 244 g/mol. The van der Waals surface area contributed by atoms with Gasteiger partial charge >= 0.3 is 0 Å². The molecule has 1 aliphatic rings. The van der Waals surface area contributed by atoms with Crippen LogP contribution in [0.5, 0.6) is 5.75 Å². The van der Waals surface area contributed by atoms with Gasteiger partial charge in [-0.3, -0.25) is 4.79 Å². The number of carbonyl (C=O) groups excluding carboxylic acids is 1. The number of nitrogens with two attached hydrogens (primary N) is 1. The van der Waals surface area contributed by atoms with E-state index in [1.165, 1.54) is 6.07 Å². The lowest BCUT2D eigenvalue weighted by Crippen LogP contribution is -2.43. The number of nitrogen functional groups attached to an aromatic ring is 1. The smallest absolute Gasteiger partial charge is 0.223 e. The molecule has 0 heterocycles. The molecule has 104 valence electrons. The monoisotopic (exact) mass is 264 g/mol. The molecule has 1 saturated carbocycles. The van der Waals surface area contributed by atoms with Gasteiger partial charge in [0.05, 0.1) is 12.0 Å². The minimum Gasteiger partial charge on any atom is -0.508 e. The number of hydrogen-bond acceptors (Lipinski definition) is 4. The van der Waals surface area contributed by atoms with Crippen LogP contribution in [0.4, 0.5) is 5.69 Å². The van der Waals surface area contributed by atoms with Gasteiger partial charge in [0, 0.05) is 24.9 Å². The molecule has 4 N–H and O–H groups in total. The van der Waals surface area contributed by atoms with E-state index in [0.717, 1.165) is 19.3 Å². The molecule has 0 aliphatic heterocycles. The average Bonchev–Trinajstić information content (AvgIpc) is 2.35. The first-order chi connectivity index (χ1) is 9.04. The Bertz CT molecular complexity index is 464. The maximum absolute atomic E-state index is 11.9. The van der Waals surface area contributed by atoms with E-state index < -0.39 is 0 Å². The number of hydrogen-bond donors (Lipinski definition) is 3. The number of methoxy groups -OCH3 is 1. The summed E-state index contributed by atoms with van der Waals surface area (Å²) < 4.78 is 5.41. The number of phenols is 1. The molecule has 0 atom stereocenters. The Morgan fingerprint density at radius 2 is 2.26 bits per heavy atom. The molecule has 1 fully saturated rings. The average molecular weight is 264 g/mol. The Kier molecular flexibility index (Phi) is 3.95. The molecule has 0 bridgehead atoms. The molecule has 0 radical (unpaired) electrons. The van der Waals surface area contributed by atoms with E-state index >= 15 is 0 Å². The second kappa shape index (κ2) is 5.48. The van der Waals surface area contributed by atoms with E-state index in [4.69, 9.17) is 10.5 Å². The fourth-order valence-electron chi connectivity index (χ4n) is 2.32. The molecule has 1 aromatic rings. The lowest BCUT2D eigenvalue weighted by molar-refractivity contribution is -0.134. The second-order valence-corrected chi connectivity index (χ2v) is 5.08. The highest BCUT2D eigenvalue weighted by Gasteiger charge is 2.38. The van der Waals surface area contributed by atoms with Crippen LogP contribution in [-0.2, 0) is 16.1 Å². The number of amides is 1. The van der Waals surface area contributed by atoms with Crippen LogP contribution in [0, 0.1) is 0 Å². The number of benzene rings is 1. The van der Waals surface area contributed by atoms with Crippen LogP contribution < -0.4 is 11.1 Å². The zero-order chi connectivity index (χ0) is 13.9. The summed E-state index contributed by atoms with van der Waals surface area (Å²) in [5.74, 6) is 0.0722. The van der Waals surface area contributed by atoms with E-state index in [9.17, 15) is 9.90 Å². The Morgan fingerprint density at radius 1 is 1.53 bits per heavy atom. The third-order valence-electron chi connectivity index (χ3n) is 3.76. The highest BCUT2D eigenvalue weighted by atomic mass is 16.5. The van der Waals surface area contributed by atoms with Crippen LogP contribution in [-0.4, -0.2) is 23.7 Å². The number of aromatic hydroxyl groups is 1. The van der Waals surface area contributed by atoms with Gasteiger partial charge in [-0.25, -0.2) is 0 Å². The minimum absolute atomic E-state index is 0.0663.